The van der Waals surface area contributed by atoms with Crippen molar-refractivity contribution < 1.29 is 37.4 Å². The van der Waals surface area contributed by atoms with Crippen LogP contribution in [0.5, 0.6) is 11.5 Å². The van der Waals surface area contributed by atoms with Crippen molar-refractivity contribution in [2.75, 3.05) is 30.9 Å². The fourth-order valence-corrected chi connectivity index (χ4v) is 8.36. The summed E-state index contributed by atoms with van der Waals surface area (Å²) in [4.78, 5) is 39.7. The molecular weight excluding hydrogens is 740 g/mol. The molecule has 0 saturated carbocycles. The van der Waals surface area contributed by atoms with E-state index in [9.17, 15) is 27.9 Å². The zero-order chi connectivity index (χ0) is 36.9. The number of aryl methyl sites for hydroxylation is 3. The Hall–Kier alpha value is -4.92. The fourth-order valence-electron chi connectivity index (χ4n) is 6.28. The number of nitrogens with zero attached hydrogens (tertiary/aromatic N) is 1. The molecule has 1 fully saturated rings. The number of likely N-dealkylation sites (tertiary alicyclic amines) is 1. The summed E-state index contributed by atoms with van der Waals surface area (Å²) in [5, 5.41) is 14.8. The number of hydrogen-bond donors (Lipinski definition) is 4. The number of carbonyl (C=O) groups is 3. The van der Waals surface area contributed by atoms with E-state index in [1.54, 1.807) is 55.1 Å². The van der Waals surface area contributed by atoms with E-state index >= 15 is 0 Å². The first-order chi connectivity index (χ1) is 24.2. The highest BCUT2D eigenvalue weighted by Crippen LogP contribution is 2.29. The van der Waals surface area contributed by atoms with Crippen LogP contribution in [0.15, 0.2) is 88.2 Å². The first-order valence-electron chi connectivity index (χ1n) is 16.1. The third kappa shape index (κ3) is 9.25. The maximum absolute atomic E-state index is 13.9. The number of sulfonamides is 1. The molecule has 0 radical (unpaired) electrons. The molecule has 12 nitrogen and oxygen atoms in total. The smallest absolute Gasteiger partial charge is 0.335 e. The molecule has 0 spiro atoms. The average Bonchev–Trinajstić information content (AvgIpc) is 3.46. The Bertz CT molecular complexity index is 2030. The van der Waals surface area contributed by atoms with E-state index in [1.807, 2.05) is 25.1 Å². The van der Waals surface area contributed by atoms with Crippen molar-refractivity contribution in [3.8, 4) is 11.5 Å². The van der Waals surface area contributed by atoms with Gasteiger partial charge in [-0.2, -0.15) is 0 Å². The van der Waals surface area contributed by atoms with Gasteiger partial charge in [-0.25, -0.2) is 22.7 Å². The molecule has 0 unspecified atom stereocenters. The maximum Gasteiger partial charge on any atom is 0.335 e. The third-order valence-corrected chi connectivity index (χ3v) is 11.0. The minimum absolute atomic E-state index is 0.0285. The van der Waals surface area contributed by atoms with Gasteiger partial charge in [-0.05, 0) is 108 Å². The van der Waals surface area contributed by atoms with Gasteiger partial charge >= 0.3 is 12.0 Å². The molecule has 1 saturated heterocycles. The monoisotopic (exact) mass is 778 g/mol. The first kappa shape index (κ1) is 37.3. The topological polar surface area (TPSA) is 163 Å². The molecule has 1 heterocycles. The SMILES string of the molecule is COc1cc(CC(=O)N2C[C@@H](NS(=O)(=O)c3c(C)cc(C)cc3C)C[C@H]2COc2ccc(C(=O)O)cc2)ccc1NC(=O)Nc1ccccc1Br. The fraction of sp³-hybridized carbons (Fsp3) is 0.270. The first-order valence-corrected chi connectivity index (χ1v) is 18.4. The van der Waals surface area contributed by atoms with E-state index in [-0.39, 0.29) is 35.9 Å². The second kappa shape index (κ2) is 16.0. The number of carboxylic acid groups (broad SMARTS) is 1. The standard InChI is InChI=1S/C37H39BrN4O8S/c1-22-15-23(2)35(24(3)16-22)51(47,48)41-27-19-28(21-50-29-12-10-26(11-13-29)36(44)45)42(20-27)34(43)18-25-9-14-32(33(17-25)49-4)40-37(46)39-31-8-6-5-7-30(31)38/h5-17,27-28,41H,18-21H2,1-4H3,(H,44,45)(H2,39,40,46)/t27-,28-/m0/s1. The van der Waals surface area contributed by atoms with Crippen LogP contribution < -0.4 is 24.8 Å². The molecule has 1 aliphatic rings. The van der Waals surface area contributed by atoms with E-state index in [0.29, 0.717) is 46.0 Å². The molecule has 0 aliphatic carbocycles. The van der Waals surface area contributed by atoms with Gasteiger partial charge in [0.15, 0.2) is 0 Å². The number of urea groups is 1. The third-order valence-electron chi connectivity index (χ3n) is 8.47. The molecule has 0 aromatic heterocycles. The molecule has 1 aliphatic heterocycles. The van der Waals surface area contributed by atoms with E-state index in [2.05, 4.69) is 31.3 Å². The van der Waals surface area contributed by atoms with Gasteiger partial charge in [-0.1, -0.05) is 35.9 Å². The number of halogens is 1. The van der Waals surface area contributed by atoms with Crippen LogP contribution in [0.3, 0.4) is 0 Å². The van der Waals surface area contributed by atoms with Crippen molar-refractivity contribution in [3.05, 3.63) is 111 Å². The second-order valence-corrected chi connectivity index (χ2v) is 14.9. The van der Waals surface area contributed by atoms with Crippen molar-refractivity contribution >= 4 is 55.2 Å². The number of hydrogen-bond acceptors (Lipinski definition) is 7. The number of methoxy groups -OCH3 is 1. The van der Waals surface area contributed by atoms with Gasteiger partial charge in [0.1, 0.15) is 18.1 Å². The largest absolute Gasteiger partial charge is 0.495 e. The van der Waals surface area contributed by atoms with Crippen molar-refractivity contribution in [3.63, 3.8) is 0 Å². The molecule has 0 bridgehead atoms. The molecule has 4 aromatic carbocycles. The van der Waals surface area contributed by atoms with Gasteiger partial charge in [0.25, 0.3) is 0 Å². The Kier molecular flexibility index (Phi) is 11.7. The van der Waals surface area contributed by atoms with Crippen LogP contribution in [-0.2, 0) is 21.2 Å². The second-order valence-electron chi connectivity index (χ2n) is 12.4. The number of ether oxygens (including phenoxy) is 2. The minimum atomic E-state index is -3.92. The van der Waals surface area contributed by atoms with E-state index in [4.69, 9.17) is 9.47 Å². The summed E-state index contributed by atoms with van der Waals surface area (Å²) < 4.78 is 42.3. The molecule has 4 aromatic rings. The number of anilines is 2. The Morgan fingerprint density at radius 1 is 0.922 bits per heavy atom. The molecule has 268 valence electrons. The summed E-state index contributed by atoms with van der Waals surface area (Å²) >= 11 is 3.40. The zero-order valence-electron chi connectivity index (χ0n) is 28.5. The number of amides is 3. The van der Waals surface area contributed by atoms with Crippen molar-refractivity contribution in [2.45, 2.75) is 50.6 Å². The molecule has 3 amide bonds. The van der Waals surface area contributed by atoms with Crippen LogP contribution in [0.25, 0.3) is 0 Å². The number of carbonyl (C=O) groups excluding carboxylic acids is 2. The molecule has 2 atom stereocenters. The van der Waals surface area contributed by atoms with Crippen LogP contribution in [0, 0.1) is 20.8 Å². The van der Waals surface area contributed by atoms with Gasteiger partial charge in [-0.3, -0.25) is 4.79 Å². The predicted molar refractivity (Wildman–Crippen MR) is 197 cm³/mol. The van der Waals surface area contributed by atoms with Gasteiger partial charge in [-0.15, -0.1) is 0 Å². The average molecular weight is 780 g/mol. The van der Waals surface area contributed by atoms with Gasteiger partial charge in [0.2, 0.25) is 15.9 Å². The van der Waals surface area contributed by atoms with Gasteiger partial charge in [0, 0.05) is 17.1 Å². The lowest BCUT2D eigenvalue weighted by Gasteiger charge is -2.25. The summed E-state index contributed by atoms with van der Waals surface area (Å²) in [6, 6.07) is 20.2. The lowest BCUT2D eigenvalue weighted by Crippen LogP contribution is -2.41. The van der Waals surface area contributed by atoms with E-state index < -0.39 is 34.1 Å². The lowest BCUT2D eigenvalue weighted by atomic mass is 10.1. The van der Waals surface area contributed by atoms with Crippen molar-refractivity contribution in [2.24, 2.45) is 0 Å². The highest BCUT2D eigenvalue weighted by molar-refractivity contribution is 9.10. The summed E-state index contributed by atoms with van der Waals surface area (Å²) in [5.74, 6) is -0.557. The normalized spacial score (nSPS) is 15.7. The Morgan fingerprint density at radius 3 is 2.24 bits per heavy atom. The number of rotatable bonds is 12. The minimum Gasteiger partial charge on any atom is -0.495 e. The molecule has 5 rings (SSSR count). The number of para-hydroxylation sites is 1. The predicted octanol–water partition coefficient (Wildman–Crippen LogP) is 6.29. The number of aromatic carboxylic acids is 1. The number of nitrogens with one attached hydrogen (secondary N) is 3. The molecule has 4 N–H and O–H groups in total. The zero-order valence-corrected chi connectivity index (χ0v) is 30.9. The van der Waals surface area contributed by atoms with Gasteiger partial charge in [0.05, 0.1) is 41.4 Å². The van der Waals surface area contributed by atoms with Gasteiger partial charge < -0.3 is 30.1 Å². The Balaban J connectivity index is 1.32. The van der Waals surface area contributed by atoms with Crippen LogP contribution in [0.1, 0.15) is 39.0 Å². The number of benzene rings is 4. The van der Waals surface area contributed by atoms with Crippen LogP contribution >= 0.6 is 15.9 Å². The van der Waals surface area contributed by atoms with Crippen LogP contribution in [-0.4, -0.2) is 68.7 Å². The summed E-state index contributed by atoms with van der Waals surface area (Å²) in [5.41, 5.74) is 3.93. The van der Waals surface area contributed by atoms with Crippen LogP contribution in [0.4, 0.5) is 16.2 Å². The number of carboxylic acids is 1. The quantitative estimate of drug-likeness (QED) is 0.130. The van der Waals surface area contributed by atoms with E-state index in [1.165, 1.54) is 31.4 Å². The summed E-state index contributed by atoms with van der Waals surface area (Å²) in [7, 11) is -2.46. The van der Waals surface area contributed by atoms with Crippen LogP contribution in [0.2, 0.25) is 0 Å². The maximum atomic E-state index is 13.9. The highest BCUT2D eigenvalue weighted by atomic mass is 79.9. The van der Waals surface area contributed by atoms with Crippen molar-refractivity contribution in [1.29, 1.82) is 0 Å². The molecular formula is C37H39BrN4O8S. The van der Waals surface area contributed by atoms with Crippen molar-refractivity contribution in [1.82, 2.24) is 9.62 Å². The summed E-state index contributed by atoms with van der Waals surface area (Å²) in [6.07, 6.45) is 0.264. The molecule has 14 heteroatoms. The van der Waals surface area contributed by atoms with E-state index in [0.717, 1.165) is 10.0 Å². The summed E-state index contributed by atoms with van der Waals surface area (Å²) in [6.45, 7) is 5.59. The highest BCUT2D eigenvalue weighted by Gasteiger charge is 2.38. The Labute approximate surface area is 305 Å². The Morgan fingerprint density at radius 2 is 1.59 bits per heavy atom. The molecule has 51 heavy (non-hydrogen) atoms. The lowest BCUT2D eigenvalue weighted by molar-refractivity contribution is -0.131.